The van der Waals surface area contributed by atoms with Gasteiger partial charge in [0.1, 0.15) is 18.3 Å². The van der Waals surface area contributed by atoms with Crippen molar-refractivity contribution in [2.75, 3.05) is 12.3 Å². The smallest absolute Gasteiger partial charge is 0.309 e. The van der Waals surface area contributed by atoms with Crippen molar-refractivity contribution in [3.8, 4) is 5.88 Å². The molecule has 0 aliphatic carbocycles. The molecule has 22 heteroatoms. The van der Waals surface area contributed by atoms with E-state index in [0.717, 1.165) is 4.57 Å². The number of ether oxygens (including phenoxy) is 1. The van der Waals surface area contributed by atoms with Gasteiger partial charge >= 0.3 is 5.65 Å². The lowest BCUT2D eigenvalue weighted by molar-refractivity contribution is -0.745. The lowest BCUT2D eigenvalue weighted by Gasteiger charge is -2.37. The molecule has 0 amide bonds. The van der Waals surface area contributed by atoms with Gasteiger partial charge in [-0.25, -0.2) is 13.9 Å². The normalized spacial score (nSPS) is 27.5. The summed E-state index contributed by atoms with van der Waals surface area (Å²) in [6.45, 7) is -1.13. The molecule has 2 aromatic heterocycles. The second kappa shape index (κ2) is 8.90. The van der Waals surface area contributed by atoms with Gasteiger partial charge in [0, 0.05) is 5.88 Å². The van der Waals surface area contributed by atoms with Crippen molar-refractivity contribution in [3.05, 3.63) is 6.33 Å². The van der Waals surface area contributed by atoms with Crippen molar-refractivity contribution >= 4 is 40.6 Å². The van der Waals surface area contributed by atoms with Crippen LogP contribution in [0.15, 0.2) is 6.33 Å². The Labute approximate surface area is 183 Å². The van der Waals surface area contributed by atoms with Crippen molar-refractivity contribution in [3.63, 3.8) is 0 Å². The molecule has 4 N–H and O–H groups in total. The first-order valence-corrected chi connectivity index (χ1v) is 12.8. The highest BCUT2D eigenvalue weighted by molar-refractivity contribution is 7.64. The number of phosphoric acid groups is 3. The zero-order valence-corrected chi connectivity index (χ0v) is 18.8. The maximum Gasteiger partial charge on any atom is 0.309 e. The maximum absolute atomic E-state index is 12.0. The van der Waals surface area contributed by atoms with E-state index in [1.165, 1.54) is 17.9 Å². The first kappa shape index (κ1) is 26.1. The third-order valence-electron chi connectivity index (χ3n) is 4.15. The molecule has 0 radical (unpaired) electrons. The van der Waals surface area contributed by atoms with Gasteiger partial charge in [0.2, 0.25) is 6.23 Å². The van der Waals surface area contributed by atoms with E-state index in [-0.39, 0.29) is 11.2 Å². The van der Waals surface area contributed by atoms with E-state index < -0.39 is 66.4 Å². The number of aromatic nitrogens is 4. The molecule has 186 valence electrons. The van der Waals surface area contributed by atoms with E-state index >= 15 is 0 Å². The summed E-state index contributed by atoms with van der Waals surface area (Å²) in [6.07, 6.45) is -5.34. The second-order valence-electron chi connectivity index (χ2n) is 6.54. The average Bonchev–Trinajstić information content (AvgIpc) is 3.07. The zero-order chi connectivity index (χ0) is 24.9. The molecule has 3 heterocycles. The van der Waals surface area contributed by atoms with Gasteiger partial charge in [-0.3, -0.25) is 18.0 Å². The van der Waals surface area contributed by atoms with Crippen molar-refractivity contribution in [1.29, 1.82) is 0 Å². The molecule has 3 rings (SSSR count). The molecule has 0 aromatic carbocycles. The van der Waals surface area contributed by atoms with E-state index in [9.17, 15) is 48.6 Å². The van der Waals surface area contributed by atoms with Crippen LogP contribution in [0, 0.1) is 0 Å². The Hall–Kier alpha value is -1.56. The largest absolute Gasteiger partial charge is 0.856 e. The van der Waals surface area contributed by atoms with E-state index in [4.69, 9.17) is 10.5 Å². The van der Waals surface area contributed by atoms with Crippen molar-refractivity contribution in [1.82, 2.24) is 14.5 Å². The fourth-order valence-corrected chi connectivity index (χ4v) is 5.82. The fraction of sp³-hybridized carbons (Fsp3) is 0.545. The Bertz CT molecular complexity index is 1200. The SMILES string of the molecule is Cn1c[n+]([C@@H]2O[C@H](COP(=O)([O-])OP(=O)([O-])OP(=O)([O-])[O-])[C@H](O)C2O)c2nc(N)nc([O-])c21. The van der Waals surface area contributed by atoms with Crippen molar-refractivity contribution in [2.45, 2.75) is 24.5 Å². The summed E-state index contributed by atoms with van der Waals surface area (Å²) in [6, 6.07) is 0. The summed E-state index contributed by atoms with van der Waals surface area (Å²) in [5, 5.41) is 32.5. The molecule has 6 atom stereocenters. The van der Waals surface area contributed by atoms with Crippen LogP contribution in [-0.4, -0.2) is 49.7 Å². The fourth-order valence-electron chi connectivity index (χ4n) is 2.96. The average molecular weight is 533 g/mol. The van der Waals surface area contributed by atoms with Crippen LogP contribution in [0.3, 0.4) is 0 Å². The molecular formula is C11H14N5O14P3-4. The number of imidazole rings is 1. The molecule has 1 aliphatic heterocycles. The van der Waals surface area contributed by atoms with Crippen LogP contribution in [-0.2, 0) is 38.6 Å². The highest BCUT2D eigenvalue weighted by Crippen LogP contribution is 2.60. The van der Waals surface area contributed by atoms with Crippen LogP contribution in [0.2, 0.25) is 0 Å². The van der Waals surface area contributed by atoms with Crippen LogP contribution < -0.4 is 35.0 Å². The number of aryl methyl sites for hydroxylation is 1. The topological polar surface area (TPSA) is 304 Å². The first-order chi connectivity index (χ1) is 15.0. The highest BCUT2D eigenvalue weighted by Gasteiger charge is 2.47. The van der Waals surface area contributed by atoms with Gasteiger partial charge in [0.15, 0.2) is 11.8 Å². The Morgan fingerprint density at radius 2 is 1.79 bits per heavy atom. The summed E-state index contributed by atoms with van der Waals surface area (Å²) in [4.78, 5) is 50.8. The van der Waals surface area contributed by atoms with E-state index in [2.05, 4.69) is 23.1 Å². The Kier molecular flexibility index (Phi) is 7.03. The van der Waals surface area contributed by atoms with Gasteiger partial charge in [-0.2, -0.15) is 0 Å². The molecule has 0 spiro atoms. The third-order valence-corrected chi connectivity index (χ3v) is 7.82. The van der Waals surface area contributed by atoms with E-state index in [1.807, 2.05) is 0 Å². The van der Waals surface area contributed by atoms with Crippen LogP contribution >= 0.6 is 23.5 Å². The number of anilines is 1. The van der Waals surface area contributed by atoms with Gasteiger partial charge in [-0.05, 0) is 0 Å². The number of nitrogens with zero attached hydrogens (tertiary/aromatic N) is 4. The summed E-state index contributed by atoms with van der Waals surface area (Å²) in [7, 11) is -16.7. The molecule has 0 bridgehead atoms. The first-order valence-electron chi connectivity index (χ1n) is 8.43. The Morgan fingerprint density at radius 1 is 1.15 bits per heavy atom. The van der Waals surface area contributed by atoms with Crippen LogP contribution in [0.5, 0.6) is 5.88 Å². The number of hydrogen-bond donors (Lipinski definition) is 3. The monoisotopic (exact) mass is 533 g/mol. The van der Waals surface area contributed by atoms with Gasteiger partial charge in [-0.1, -0.05) is 4.98 Å². The molecule has 3 unspecified atom stereocenters. The minimum Gasteiger partial charge on any atom is -0.856 e. The number of nitrogens with two attached hydrogens (primary N) is 1. The van der Waals surface area contributed by atoms with Crippen LogP contribution in [0.4, 0.5) is 5.95 Å². The molecule has 2 aromatic rings. The minimum atomic E-state index is -6.17. The van der Waals surface area contributed by atoms with Gasteiger partial charge in [0.25, 0.3) is 21.6 Å². The number of hydrogen-bond acceptors (Lipinski definition) is 17. The summed E-state index contributed by atoms with van der Waals surface area (Å²) < 4.78 is 51.6. The van der Waals surface area contributed by atoms with Gasteiger partial charge in [0.05, 0.1) is 21.5 Å². The molecule has 0 saturated carbocycles. The number of rotatable bonds is 8. The Morgan fingerprint density at radius 3 is 2.39 bits per heavy atom. The van der Waals surface area contributed by atoms with Crippen molar-refractivity contribution < 1.29 is 71.0 Å². The molecule has 19 nitrogen and oxygen atoms in total. The second-order valence-corrected chi connectivity index (χ2v) is 10.8. The van der Waals surface area contributed by atoms with Crippen molar-refractivity contribution in [2.24, 2.45) is 7.05 Å². The molecule has 1 fully saturated rings. The number of fused-ring (bicyclic) bond motifs is 1. The van der Waals surface area contributed by atoms with E-state index in [0.29, 0.717) is 0 Å². The van der Waals surface area contributed by atoms with Crippen LogP contribution in [0.1, 0.15) is 6.23 Å². The third kappa shape index (κ3) is 5.93. The summed E-state index contributed by atoms with van der Waals surface area (Å²) >= 11 is 0. The number of nitrogen functional groups attached to an aromatic ring is 1. The highest BCUT2D eigenvalue weighted by atomic mass is 31.3. The Balaban J connectivity index is 1.75. The maximum atomic E-state index is 12.0. The molecule has 33 heavy (non-hydrogen) atoms. The predicted molar refractivity (Wildman–Crippen MR) is 89.4 cm³/mol. The minimum absolute atomic E-state index is 0.0353. The molecular weight excluding hydrogens is 519 g/mol. The molecule has 1 saturated heterocycles. The van der Waals surface area contributed by atoms with Gasteiger partial charge in [-0.15, -0.1) is 0 Å². The number of phosphoric ester groups is 1. The number of aliphatic hydroxyl groups excluding tert-OH is 2. The molecule has 1 aliphatic rings. The van der Waals surface area contributed by atoms with Crippen LogP contribution in [0.25, 0.3) is 11.2 Å². The summed E-state index contributed by atoms with van der Waals surface area (Å²) in [5.74, 6) is -1.14. The van der Waals surface area contributed by atoms with E-state index in [1.54, 1.807) is 0 Å². The predicted octanol–water partition coefficient (Wildman–Crippen LogP) is -5.65. The number of aliphatic hydroxyl groups is 2. The summed E-state index contributed by atoms with van der Waals surface area (Å²) in [5.41, 5.74) is 5.34. The quantitative estimate of drug-likeness (QED) is 0.210. The standard InChI is InChI=1S/C11H18N5O14P3/c1-15-3-16(8-5(15)9(19)14-11(12)13-8)10-7(18)6(17)4(28-10)2-27-32(23,24)30-33(25,26)29-31(20,21)22/h3-4,6-7,10,17-18H,2H2,1H3,(H6-,12,13,14,19,20,21,22,23,24,25,26)/p-4/t4-,6+,7?,10-/m1/s1. The van der Waals surface area contributed by atoms with Gasteiger partial charge < -0.3 is 54.5 Å². The lowest BCUT2D eigenvalue weighted by atomic mass is 10.1. The zero-order valence-electron chi connectivity index (χ0n) is 16.1. The lowest BCUT2D eigenvalue weighted by Crippen LogP contribution is -2.46.